The topological polar surface area (TPSA) is 40.6 Å². The van der Waals surface area contributed by atoms with E-state index < -0.39 is 7.32 Å². The molecule has 0 N–H and O–H groups in total. The van der Waals surface area contributed by atoms with Gasteiger partial charge in [0.25, 0.3) is 0 Å². The summed E-state index contributed by atoms with van der Waals surface area (Å²) in [5.41, 5.74) is 0.988. The first-order valence-electron chi connectivity index (χ1n) is 3.93. The number of nitrogens with zero attached hydrogens (tertiary/aromatic N) is 1. The van der Waals surface area contributed by atoms with Crippen molar-refractivity contribution in [1.82, 2.24) is 4.98 Å². The summed E-state index contributed by atoms with van der Waals surface area (Å²) >= 11 is 0. The van der Waals surface area contributed by atoms with E-state index in [0.29, 0.717) is 6.61 Å². The largest absolute Gasteiger partial charge is 0.639 e. The Hall–Kier alpha value is -0.905. The van der Waals surface area contributed by atoms with Gasteiger partial charge in [-0.2, -0.15) is 0 Å². The van der Waals surface area contributed by atoms with E-state index in [1.54, 1.807) is 12.4 Å². The Bertz CT molecular complexity index is 228. The van der Waals surface area contributed by atoms with Crippen molar-refractivity contribution in [1.29, 1.82) is 0 Å². The lowest BCUT2D eigenvalue weighted by Crippen LogP contribution is -2.23. The van der Waals surface area contributed by atoms with Crippen LogP contribution in [0.2, 0.25) is 0 Å². The predicted octanol–water partition coefficient (Wildman–Crippen LogP) is 0.876. The Morgan fingerprint density at radius 3 is 2.69 bits per heavy atom. The minimum atomic E-state index is -0.611. The highest BCUT2D eigenvalue weighted by atomic mass is 16.7. The smallest absolute Gasteiger partial charge is 0.389 e. The van der Waals surface area contributed by atoms with Crippen LogP contribution in [0.15, 0.2) is 24.5 Å². The van der Waals surface area contributed by atoms with Gasteiger partial charge in [0.15, 0.2) is 0 Å². The second-order valence-corrected chi connectivity index (χ2v) is 2.43. The van der Waals surface area contributed by atoms with Crippen LogP contribution < -0.4 is 0 Å². The van der Waals surface area contributed by atoms with E-state index >= 15 is 0 Å². The molecule has 1 rings (SSSR count). The van der Waals surface area contributed by atoms with Gasteiger partial charge in [0.1, 0.15) is 0 Å². The molecule has 0 bridgehead atoms. The second kappa shape index (κ2) is 5.69. The molecular formula is C8H12BNO3. The average Bonchev–Trinajstić information content (AvgIpc) is 2.21. The van der Waals surface area contributed by atoms with Crippen molar-refractivity contribution in [2.75, 3.05) is 14.2 Å². The zero-order valence-corrected chi connectivity index (χ0v) is 7.77. The van der Waals surface area contributed by atoms with Gasteiger partial charge in [-0.05, 0) is 11.6 Å². The van der Waals surface area contributed by atoms with Gasteiger partial charge >= 0.3 is 7.32 Å². The molecule has 0 saturated carbocycles. The summed E-state index contributed by atoms with van der Waals surface area (Å²) in [5, 5.41) is 0. The standard InChI is InChI=1S/C8H12BNO3/c1-11-9(12-2)13-7-8-4-3-5-10-6-8/h3-6H,7H2,1-2H3. The minimum absolute atomic E-state index is 0.431. The highest BCUT2D eigenvalue weighted by Crippen LogP contribution is 2.00. The molecule has 0 unspecified atom stereocenters. The van der Waals surface area contributed by atoms with E-state index in [0.717, 1.165) is 5.56 Å². The summed E-state index contributed by atoms with van der Waals surface area (Å²) in [6.07, 6.45) is 3.45. The van der Waals surface area contributed by atoms with E-state index in [-0.39, 0.29) is 0 Å². The Morgan fingerprint density at radius 1 is 1.38 bits per heavy atom. The molecule has 0 aliphatic carbocycles. The van der Waals surface area contributed by atoms with Crippen molar-refractivity contribution in [3.63, 3.8) is 0 Å². The highest BCUT2D eigenvalue weighted by Gasteiger charge is 2.16. The van der Waals surface area contributed by atoms with E-state index in [9.17, 15) is 0 Å². The second-order valence-electron chi connectivity index (χ2n) is 2.43. The molecule has 0 atom stereocenters. The van der Waals surface area contributed by atoms with Crippen LogP contribution in [0, 0.1) is 0 Å². The fourth-order valence-electron chi connectivity index (χ4n) is 0.880. The van der Waals surface area contributed by atoms with Gasteiger partial charge in [-0.3, -0.25) is 4.98 Å². The predicted molar refractivity (Wildman–Crippen MR) is 48.8 cm³/mol. The molecule has 0 fully saturated rings. The zero-order valence-electron chi connectivity index (χ0n) is 7.77. The van der Waals surface area contributed by atoms with Crippen molar-refractivity contribution in [2.45, 2.75) is 6.61 Å². The van der Waals surface area contributed by atoms with Crippen molar-refractivity contribution in [2.24, 2.45) is 0 Å². The SMILES string of the molecule is COB(OC)OCc1cccnc1. The van der Waals surface area contributed by atoms with Gasteiger partial charge in [0.05, 0.1) is 6.61 Å². The van der Waals surface area contributed by atoms with E-state index in [4.69, 9.17) is 14.0 Å². The normalized spacial score (nSPS) is 10.0. The zero-order chi connectivity index (χ0) is 9.52. The lowest BCUT2D eigenvalue weighted by molar-refractivity contribution is 0.128. The molecule has 0 saturated heterocycles. The van der Waals surface area contributed by atoms with Crippen molar-refractivity contribution in [3.8, 4) is 0 Å². The molecule has 70 valence electrons. The van der Waals surface area contributed by atoms with Crippen LogP contribution in [0.5, 0.6) is 0 Å². The van der Waals surface area contributed by atoms with E-state index in [1.807, 2.05) is 12.1 Å². The van der Waals surface area contributed by atoms with Gasteiger partial charge in [0, 0.05) is 26.6 Å². The summed E-state index contributed by atoms with van der Waals surface area (Å²) in [6.45, 7) is 0.431. The van der Waals surface area contributed by atoms with Gasteiger partial charge in [-0.25, -0.2) is 0 Å². The van der Waals surface area contributed by atoms with E-state index in [2.05, 4.69) is 4.98 Å². The number of aromatic nitrogens is 1. The Balaban J connectivity index is 2.34. The fourth-order valence-corrected chi connectivity index (χ4v) is 0.880. The third kappa shape index (κ3) is 3.54. The number of pyridine rings is 1. The quantitative estimate of drug-likeness (QED) is 0.632. The molecule has 0 radical (unpaired) electrons. The first kappa shape index (κ1) is 10.2. The minimum Gasteiger partial charge on any atom is -0.389 e. The molecule has 1 heterocycles. The maximum absolute atomic E-state index is 5.24. The molecule has 0 amide bonds. The van der Waals surface area contributed by atoms with Crippen LogP contribution >= 0.6 is 0 Å². The maximum Gasteiger partial charge on any atom is 0.639 e. The molecule has 0 aliphatic rings. The van der Waals surface area contributed by atoms with Gasteiger partial charge in [0.2, 0.25) is 0 Å². The van der Waals surface area contributed by atoms with Gasteiger partial charge in [-0.1, -0.05) is 6.07 Å². The first-order valence-corrected chi connectivity index (χ1v) is 3.93. The third-order valence-corrected chi connectivity index (χ3v) is 1.49. The molecule has 4 nitrogen and oxygen atoms in total. The Labute approximate surface area is 78.0 Å². The number of hydrogen-bond acceptors (Lipinski definition) is 4. The first-order chi connectivity index (χ1) is 6.36. The molecule has 0 aromatic carbocycles. The van der Waals surface area contributed by atoms with Crippen LogP contribution in [0.1, 0.15) is 5.56 Å². The summed E-state index contributed by atoms with van der Waals surface area (Å²) in [4.78, 5) is 3.95. The summed E-state index contributed by atoms with van der Waals surface area (Å²) in [7, 11) is 2.44. The number of rotatable bonds is 5. The third-order valence-electron chi connectivity index (χ3n) is 1.49. The lowest BCUT2D eigenvalue weighted by atomic mass is 10.2. The van der Waals surface area contributed by atoms with Crippen molar-refractivity contribution in [3.05, 3.63) is 30.1 Å². The van der Waals surface area contributed by atoms with Crippen LogP contribution in [-0.2, 0) is 20.6 Å². The van der Waals surface area contributed by atoms with Crippen molar-refractivity contribution < 1.29 is 14.0 Å². The highest BCUT2D eigenvalue weighted by molar-refractivity contribution is 6.36. The van der Waals surface area contributed by atoms with Crippen LogP contribution in [0.3, 0.4) is 0 Å². The summed E-state index contributed by atoms with van der Waals surface area (Å²) in [5.74, 6) is 0. The molecule has 1 aromatic heterocycles. The van der Waals surface area contributed by atoms with Crippen LogP contribution in [-0.4, -0.2) is 26.5 Å². The molecule has 5 heteroatoms. The summed E-state index contributed by atoms with van der Waals surface area (Å²) in [6, 6.07) is 3.78. The van der Waals surface area contributed by atoms with E-state index in [1.165, 1.54) is 14.2 Å². The fraction of sp³-hybridized carbons (Fsp3) is 0.375. The Morgan fingerprint density at radius 2 is 2.15 bits per heavy atom. The summed E-state index contributed by atoms with van der Waals surface area (Å²) < 4.78 is 15.0. The van der Waals surface area contributed by atoms with Crippen LogP contribution in [0.4, 0.5) is 0 Å². The molecule has 0 aliphatic heterocycles. The van der Waals surface area contributed by atoms with Crippen molar-refractivity contribution >= 4 is 7.32 Å². The van der Waals surface area contributed by atoms with Gasteiger partial charge < -0.3 is 14.0 Å². The molecule has 0 spiro atoms. The van der Waals surface area contributed by atoms with Gasteiger partial charge in [-0.15, -0.1) is 0 Å². The maximum atomic E-state index is 5.24. The Kier molecular flexibility index (Phi) is 4.46. The van der Waals surface area contributed by atoms with Crippen LogP contribution in [0.25, 0.3) is 0 Å². The molecule has 1 aromatic rings. The average molecular weight is 181 g/mol. The monoisotopic (exact) mass is 181 g/mol. The number of hydrogen-bond donors (Lipinski definition) is 0. The lowest BCUT2D eigenvalue weighted by Gasteiger charge is -2.08. The molecular weight excluding hydrogens is 169 g/mol. The molecule has 13 heavy (non-hydrogen) atoms.